The summed E-state index contributed by atoms with van der Waals surface area (Å²) < 4.78 is 0.814. The predicted molar refractivity (Wildman–Crippen MR) is 66.2 cm³/mol. The molecule has 1 aliphatic rings. The second kappa shape index (κ2) is 5.01. The molecule has 2 N–H and O–H groups in total. The molecule has 1 fully saturated rings. The van der Waals surface area contributed by atoms with Gasteiger partial charge in [-0.25, -0.2) is 9.78 Å². The Morgan fingerprint density at radius 3 is 3.00 bits per heavy atom. The molecule has 1 aromatic rings. The lowest BCUT2D eigenvalue weighted by molar-refractivity contribution is -0.119. The topological polar surface area (TPSA) is 82.5 Å². The first-order valence-corrected chi connectivity index (χ1v) is 6.60. The van der Waals surface area contributed by atoms with Crippen molar-refractivity contribution >= 4 is 44.4 Å². The van der Waals surface area contributed by atoms with Gasteiger partial charge in [-0.05, 0) is 28.8 Å². The van der Waals surface area contributed by atoms with Crippen molar-refractivity contribution in [2.24, 2.45) is 0 Å². The molecule has 0 bridgehead atoms. The lowest BCUT2D eigenvalue weighted by Gasteiger charge is -2.19. The zero-order valence-electron chi connectivity index (χ0n) is 8.72. The number of likely N-dealkylation sites (tertiary alicyclic amines) is 1. The predicted octanol–water partition coefficient (Wildman–Crippen LogP) is 1.99. The summed E-state index contributed by atoms with van der Waals surface area (Å²) in [6, 6.07) is -0.602. The highest BCUT2D eigenvalue weighted by Gasteiger charge is 2.34. The molecule has 0 unspecified atom stereocenters. The Morgan fingerprint density at radius 2 is 2.41 bits per heavy atom. The van der Waals surface area contributed by atoms with Crippen LogP contribution in [0.5, 0.6) is 0 Å². The second-order valence-electron chi connectivity index (χ2n) is 3.59. The largest absolute Gasteiger partial charge is 0.465 e. The fourth-order valence-electron chi connectivity index (χ4n) is 1.77. The van der Waals surface area contributed by atoms with Gasteiger partial charge in [0.1, 0.15) is 6.04 Å². The molecule has 0 saturated carbocycles. The minimum Gasteiger partial charge on any atom is -0.465 e. The molecule has 0 aliphatic carbocycles. The zero-order valence-corrected chi connectivity index (χ0v) is 11.1. The number of amides is 2. The summed E-state index contributed by atoms with van der Waals surface area (Å²) in [4.78, 5) is 27.9. The van der Waals surface area contributed by atoms with Crippen LogP contribution in [0.2, 0.25) is 0 Å². The lowest BCUT2D eigenvalue weighted by atomic mass is 10.2. The molecule has 2 rings (SSSR count). The van der Waals surface area contributed by atoms with Crippen molar-refractivity contribution in [3.8, 4) is 0 Å². The van der Waals surface area contributed by atoms with Crippen molar-refractivity contribution in [3.63, 3.8) is 0 Å². The summed E-state index contributed by atoms with van der Waals surface area (Å²) in [5.74, 6) is -0.313. The third-order valence-corrected chi connectivity index (χ3v) is 3.90. The quantitative estimate of drug-likeness (QED) is 0.873. The van der Waals surface area contributed by atoms with Crippen LogP contribution in [-0.2, 0) is 4.79 Å². The number of hydrogen-bond acceptors (Lipinski definition) is 4. The number of hydrogen-bond donors (Lipinski definition) is 2. The number of aromatic nitrogens is 1. The fourth-order valence-corrected chi connectivity index (χ4v) is 2.88. The molecule has 0 spiro atoms. The standard InChI is InChI=1S/C9H10BrN3O3S/c10-6-4-11-8(17-6)12-7(14)5-2-1-3-13(5)9(15)16/h4-5H,1-3H2,(H,15,16)(H,11,12,14)/t5-/m0/s1. The van der Waals surface area contributed by atoms with E-state index in [4.69, 9.17) is 5.11 Å². The molecule has 2 heterocycles. The first-order valence-electron chi connectivity index (χ1n) is 4.99. The van der Waals surface area contributed by atoms with Crippen LogP contribution >= 0.6 is 27.3 Å². The summed E-state index contributed by atoms with van der Waals surface area (Å²) in [6.45, 7) is 0.412. The minimum atomic E-state index is -1.05. The second-order valence-corrected chi connectivity index (χ2v) is 6.00. The van der Waals surface area contributed by atoms with Crippen LogP contribution in [0.3, 0.4) is 0 Å². The number of nitrogens with zero attached hydrogens (tertiary/aromatic N) is 2. The maximum absolute atomic E-state index is 11.9. The maximum Gasteiger partial charge on any atom is 0.407 e. The van der Waals surface area contributed by atoms with E-state index in [-0.39, 0.29) is 5.91 Å². The van der Waals surface area contributed by atoms with E-state index in [1.54, 1.807) is 6.20 Å². The Bertz CT molecular complexity index is 450. The van der Waals surface area contributed by atoms with Gasteiger partial charge in [0.15, 0.2) is 5.13 Å². The van der Waals surface area contributed by atoms with E-state index in [0.29, 0.717) is 24.5 Å². The van der Waals surface area contributed by atoms with Crippen molar-refractivity contribution in [1.82, 2.24) is 9.88 Å². The van der Waals surface area contributed by atoms with Crippen LogP contribution in [0, 0.1) is 0 Å². The van der Waals surface area contributed by atoms with Gasteiger partial charge in [-0.3, -0.25) is 9.69 Å². The molecule has 1 atom stereocenters. The van der Waals surface area contributed by atoms with Crippen LogP contribution in [-0.4, -0.2) is 39.6 Å². The van der Waals surface area contributed by atoms with Gasteiger partial charge in [0, 0.05) is 6.54 Å². The number of rotatable bonds is 2. The SMILES string of the molecule is O=C(Nc1ncc(Br)s1)[C@@H]1CCCN1C(=O)O. The Hall–Kier alpha value is -1.15. The summed E-state index contributed by atoms with van der Waals surface area (Å²) in [5.41, 5.74) is 0. The first kappa shape index (κ1) is 12.3. The number of halogens is 1. The van der Waals surface area contributed by atoms with Crippen LogP contribution in [0.15, 0.2) is 9.98 Å². The van der Waals surface area contributed by atoms with E-state index in [1.165, 1.54) is 11.3 Å². The average molecular weight is 320 g/mol. The molecule has 0 aromatic carbocycles. The lowest BCUT2D eigenvalue weighted by Crippen LogP contribution is -2.42. The van der Waals surface area contributed by atoms with Gasteiger partial charge in [0.05, 0.1) is 9.98 Å². The van der Waals surface area contributed by atoms with Crippen LogP contribution in [0.1, 0.15) is 12.8 Å². The van der Waals surface area contributed by atoms with Crippen LogP contribution in [0.25, 0.3) is 0 Å². The number of carbonyl (C=O) groups excluding carboxylic acids is 1. The van der Waals surface area contributed by atoms with Crippen molar-refractivity contribution in [2.75, 3.05) is 11.9 Å². The molecule has 2 amide bonds. The molecular weight excluding hydrogens is 310 g/mol. The van der Waals surface area contributed by atoms with Crippen molar-refractivity contribution in [2.45, 2.75) is 18.9 Å². The van der Waals surface area contributed by atoms with Crippen molar-refractivity contribution in [3.05, 3.63) is 9.98 Å². The maximum atomic E-state index is 11.9. The van der Waals surface area contributed by atoms with Gasteiger partial charge in [-0.15, -0.1) is 0 Å². The third kappa shape index (κ3) is 2.75. The normalized spacial score (nSPS) is 19.4. The number of thiazole rings is 1. The molecule has 6 nitrogen and oxygen atoms in total. The van der Waals surface area contributed by atoms with Crippen LogP contribution in [0.4, 0.5) is 9.93 Å². The van der Waals surface area contributed by atoms with E-state index < -0.39 is 12.1 Å². The smallest absolute Gasteiger partial charge is 0.407 e. The Morgan fingerprint density at radius 1 is 1.65 bits per heavy atom. The molecule has 1 aliphatic heterocycles. The Labute approximate surface area is 110 Å². The van der Waals surface area contributed by atoms with Gasteiger partial charge in [0.2, 0.25) is 5.91 Å². The summed E-state index contributed by atoms with van der Waals surface area (Å²) in [6.07, 6.45) is 1.81. The average Bonchev–Trinajstić information content (AvgIpc) is 2.86. The fraction of sp³-hybridized carbons (Fsp3) is 0.444. The van der Waals surface area contributed by atoms with Crippen molar-refractivity contribution in [1.29, 1.82) is 0 Å². The van der Waals surface area contributed by atoms with Gasteiger partial charge in [-0.2, -0.15) is 0 Å². The zero-order chi connectivity index (χ0) is 12.4. The van der Waals surface area contributed by atoms with Gasteiger partial charge < -0.3 is 10.4 Å². The van der Waals surface area contributed by atoms with Crippen LogP contribution < -0.4 is 5.32 Å². The molecule has 1 saturated heterocycles. The molecular formula is C9H10BrN3O3S. The first-order chi connectivity index (χ1) is 8.08. The van der Waals surface area contributed by atoms with E-state index in [0.717, 1.165) is 8.69 Å². The number of nitrogens with one attached hydrogen (secondary N) is 1. The summed E-state index contributed by atoms with van der Waals surface area (Å²) in [7, 11) is 0. The monoisotopic (exact) mass is 319 g/mol. The minimum absolute atomic E-state index is 0.313. The van der Waals surface area contributed by atoms with E-state index >= 15 is 0 Å². The number of carboxylic acid groups (broad SMARTS) is 1. The Kier molecular flexibility index (Phi) is 3.63. The Balaban J connectivity index is 2.02. The van der Waals surface area contributed by atoms with E-state index in [2.05, 4.69) is 26.2 Å². The number of carbonyl (C=O) groups is 2. The van der Waals surface area contributed by atoms with E-state index in [1.807, 2.05) is 0 Å². The van der Waals surface area contributed by atoms with E-state index in [9.17, 15) is 9.59 Å². The van der Waals surface area contributed by atoms with Gasteiger partial charge in [0.25, 0.3) is 0 Å². The third-order valence-electron chi connectivity index (χ3n) is 2.51. The summed E-state index contributed by atoms with van der Waals surface area (Å²) in [5, 5.41) is 12.0. The molecule has 1 aromatic heterocycles. The highest BCUT2D eigenvalue weighted by Crippen LogP contribution is 2.25. The molecule has 0 radical (unpaired) electrons. The summed E-state index contributed by atoms with van der Waals surface area (Å²) >= 11 is 4.53. The van der Waals surface area contributed by atoms with Gasteiger partial charge >= 0.3 is 6.09 Å². The number of anilines is 1. The molecule has 8 heteroatoms. The molecule has 17 heavy (non-hydrogen) atoms. The highest BCUT2D eigenvalue weighted by atomic mass is 79.9. The van der Waals surface area contributed by atoms with Crippen molar-refractivity contribution < 1.29 is 14.7 Å². The molecule has 92 valence electrons. The van der Waals surface area contributed by atoms with Gasteiger partial charge in [-0.1, -0.05) is 11.3 Å². The highest BCUT2D eigenvalue weighted by molar-refractivity contribution is 9.11.